The molecule has 1 aliphatic heterocycles. The Morgan fingerprint density at radius 2 is 1.94 bits per heavy atom. The van der Waals surface area contributed by atoms with Gasteiger partial charge in [-0.1, -0.05) is 35.9 Å². The molecule has 0 aliphatic carbocycles. The van der Waals surface area contributed by atoms with Crippen molar-refractivity contribution in [3.63, 3.8) is 0 Å². The molecule has 0 N–H and O–H groups in total. The van der Waals surface area contributed by atoms with E-state index in [1.54, 1.807) is 13.4 Å². The van der Waals surface area contributed by atoms with Crippen molar-refractivity contribution in [3.8, 4) is 11.4 Å². The van der Waals surface area contributed by atoms with Gasteiger partial charge in [0, 0.05) is 23.7 Å². The molecular formula is C25H24ClN5O. The average molecular weight is 446 g/mol. The summed E-state index contributed by atoms with van der Waals surface area (Å²) in [4.78, 5) is 4.30. The summed E-state index contributed by atoms with van der Waals surface area (Å²) in [7, 11) is 1.68. The molecule has 7 heteroatoms. The number of halogens is 1. The summed E-state index contributed by atoms with van der Waals surface area (Å²) in [6.45, 7) is 2.89. The number of ether oxygens (including phenoxy) is 1. The van der Waals surface area contributed by atoms with E-state index < -0.39 is 0 Å². The molecule has 1 unspecified atom stereocenters. The van der Waals surface area contributed by atoms with Crippen molar-refractivity contribution in [2.45, 2.75) is 32.2 Å². The zero-order chi connectivity index (χ0) is 22.1. The molecule has 0 spiro atoms. The van der Waals surface area contributed by atoms with Crippen LogP contribution in [0.3, 0.4) is 0 Å². The van der Waals surface area contributed by atoms with Gasteiger partial charge in [-0.3, -0.25) is 0 Å². The molecule has 2 aromatic carbocycles. The van der Waals surface area contributed by atoms with Crippen LogP contribution in [-0.4, -0.2) is 31.4 Å². The first-order valence-corrected chi connectivity index (χ1v) is 11.1. The average Bonchev–Trinajstić information content (AvgIpc) is 3.44. The molecule has 0 saturated heterocycles. The number of methoxy groups -OCH3 is 1. The van der Waals surface area contributed by atoms with Crippen molar-refractivity contribution in [3.05, 3.63) is 88.5 Å². The number of aryl methyl sites for hydroxylation is 1. The summed E-state index contributed by atoms with van der Waals surface area (Å²) in [6.07, 6.45) is 10.0. The van der Waals surface area contributed by atoms with Crippen LogP contribution >= 0.6 is 11.6 Å². The van der Waals surface area contributed by atoms with Gasteiger partial charge in [-0.25, -0.2) is 4.98 Å². The molecule has 0 bridgehead atoms. The lowest BCUT2D eigenvalue weighted by molar-refractivity contribution is 0.413. The van der Waals surface area contributed by atoms with Crippen LogP contribution in [0, 0.1) is 6.92 Å². The summed E-state index contributed by atoms with van der Waals surface area (Å²) < 4.78 is 9.81. The third-order valence-corrected chi connectivity index (χ3v) is 6.14. The SMILES string of the molecule is COc1cc(C=Cc2nnc3n2CCCC3c2ccc(Cl)cc2)ccc1-n1cnc(C)c1. The molecule has 0 fully saturated rings. The Hall–Kier alpha value is -3.38. The molecule has 0 amide bonds. The number of aromatic nitrogens is 5. The summed E-state index contributed by atoms with van der Waals surface area (Å²) in [5, 5.41) is 9.76. The Balaban J connectivity index is 1.41. The Kier molecular flexibility index (Phi) is 5.53. The fraction of sp³-hybridized carbons (Fsp3) is 0.240. The van der Waals surface area contributed by atoms with Gasteiger partial charge in [-0.05, 0) is 61.2 Å². The van der Waals surface area contributed by atoms with E-state index in [1.807, 2.05) is 48.0 Å². The predicted octanol–water partition coefficient (Wildman–Crippen LogP) is 5.53. The molecule has 4 aromatic rings. The number of rotatable bonds is 5. The first-order valence-electron chi connectivity index (χ1n) is 10.7. The zero-order valence-electron chi connectivity index (χ0n) is 18.1. The number of nitrogens with zero attached hydrogens (tertiary/aromatic N) is 5. The number of imidazole rings is 1. The van der Waals surface area contributed by atoms with E-state index in [0.29, 0.717) is 0 Å². The van der Waals surface area contributed by atoms with E-state index in [0.717, 1.165) is 58.8 Å². The molecule has 0 saturated carbocycles. The molecule has 6 nitrogen and oxygen atoms in total. The minimum absolute atomic E-state index is 0.244. The van der Waals surface area contributed by atoms with E-state index in [2.05, 4.69) is 44.0 Å². The Morgan fingerprint density at radius 1 is 1.09 bits per heavy atom. The Morgan fingerprint density at radius 3 is 2.69 bits per heavy atom. The van der Waals surface area contributed by atoms with Crippen molar-refractivity contribution < 1.29 is 4.74 Å². The molecule has 3 heterocycles. The highest BCUT2D eigenvalue weighted by molar-refractivity contribution is 6.30. The van der Waals surface area contributed by atoms with Gasteiger partial charge < -0.3 is 13.9 Å². The molecule has 1 aliphatic rings. The molecule has 5 rings (SSSR count). The summed E-state index contributed by atoms with van der Waals surface area (Å²) >= 11 is 6.07. The fourth-order valence-electron chi connectivity index (χ4n) is 4.27. The quantitative estimate of drug-likeness (QED) is 0.405. The van der Waals surface area contributed by atoms with Crippen LogP contribution in [0.5, 0.6) is 5.75 Å². The fourth-order valence-corrected chi connectivity index (χ4v) is 4.39. The van der Waals surface area contributed by atoms with Gasteiger partial charge in [-0.2, -0.15) is 0 Å². The molecule has 32 heavy (non-hydrogen) atoms. The van der Waals surface area contributed by atoms with E-state index in [9.17, 15) is 0 Å². The summed E-state index contributed by atoms with van der Waals surface area (Å²) in [6, 6.07) is 14.2. The van der Waals surface area contributed by atoms with E-state index in [-0.39, 0.29) is 5.92 Å². The number of fused-ring (bicyclic) bond motifs is 1. The van der Waals surface area contributed by atoms with Crippen LogP contribution in [0.25, 0.3) is 17.8 Å². The summed E-state index contributed by atoms with van der Waals surface area (Å²) in [5.74, 6) is 2.91. The van der Waals surface area contributed by atoms with Crippen LogP contribution in [0.2, 0.25) is 5.02 Å². The zero-order valence-corrected chi connectivity index (χ0v) is 18.8. The largest absolute Gasteiger partial charge is 0.495 e. The van der Waals surface area contributed by atoms with Crippen molar-refractivity contribution in [2.24, 2.45) is 0 Å². The van der Waals surface area contributed by atoms with E-state index in [4.69, 9.17) is 16.3 Å². The normalized spacial score (nSPS) is 15.8. The molecule has 2 aromatic heterocycles. The predicted molar refractivity (Wildman–Crippen MR) is 126 cm³/mol. The van der Waals surface area contributed by atoms with Gasteiger partial charge >= 0.3 is 0 Å². The van der Waals surface area contributed by atoms with Crippen molar-refractivity contribution in [1.82, 2.24) is 24.3 Å². The van der Waals surface area contributed by atoms with Crippen LogP contribution in [-0.2, 0) is 6.54 Å². The maximum absolute atomic E-state index is 6.07. The lowest BCUT2D eigenvalue weighted by Gasteiger charge is -2.23. The topological polar surface area (TPSA) is 57.8 Å². The highest BCUT2D eigenvalue weighted by Gasteiger charge is 2.25. The van der Waals surface area contributed by atoms with Crippen LogP contribution in [0.15, 0.2) is 55.0 Å². The first-order chi connectivity index (χ1) is 15.6. The van der Waals surface area contributed by atoms with Crippen molar-refractivity contribution >= 4 is 23.8 Å². The highest BCUT2D eigenvalue weighted by atomic mass is 35.5. The van der Waals surface area contributed by atoms with Gasteiger partial charge in [-0.15, -0.1) is 10.2 Å². The third-order valence-electron chi connectivity index (χ3n) is 5.89. The Bertz CT molecular complexity index is 1270. The smallest absolute Gasteiger partial charge is 0.156 e. The first kappa shape index (κ1) is 20.5. The number of hydrogen-bond donors (Lipinski definition) is 0. The van der Waals surface area contributed by atoms with Gasteiger partial charge in [0.25, 0.3) is 0 Å². The lowest BCUT2D eigenvalue weighted by Crippen LogP contribution is -2.17. The van der Waals surface area contributed by atoms with Crippen molar-refractivity contribution in [2.75, 3.05) is 7.11 Å². The minimum atomic E-state index is 0.244. The summed E-state index contributed by atoms with van der Waals surface area (Å²) in [5.41, 5.74) is 4.18. The maximum atomic E-state index is 6.07. The monoisotopic (exact) mass is 445 g/mol. The van der Waals surface area contributed by atoms with E-state index in [1.165, 1.54) is 5.56 Å². The van der Waals surface area contributed by atoms with Crippen molar-refractivity contribution in [1.29, 1.82) is 0 Å². The number of hydrogen-bond acceptors (Lipinski definition) is 4. The molecule has 162 valence electrons. The standard InChI is InChI=1S/C25H24ClN5O/c1-17-15-30(16-27-17)22-11-5-18(14-23(22)32-2)6-12-24-28-29-25-21(4-3-13-31(24)25)19-7-9-20(26)10-8-19/h5-12,14-16,21H,3-4,13H2,1-2H3. The third kappa shape index (κ3) is 3.94. The van der Waals surface area contributed by atoms with Crippen LogP contribution in [0.4, 0.5) is 0 Å². The molecular weight excluding hydrogens is 422 g/mol. The van der Waals surface area contributed by atoms with Gasteiger partial charge in [0.1, 0.15) is 11.6 Å². The Labute approximate surface area is 192 Å². The maximum Gasteiger partial charge on any atom is 0.156 e. The van der Waals surface area contributed by atoms with Gasteiger partial charge in [0.15, 0.2) is 5.82 Å². The van der Waals surface area contributed by atoms with E-state index >= 15 is 0 Å². The lowest BCUT2D eigenvalue weighted by atomic mass is 9.91. The second kappa shape index (κ2) is 8.63. The van der Waals surface area contributed by atoms with Gasteiger partial charge in [0.05, 0.1) is 24.8 Å². The molecule has 1 atom stereocenters. The second-order valence-electron chi connectivity index (χ2n) is 8.00. The highest BCUT2D eigenvalue weighted by Crippen LogP contribution is 2.33. The number of benzene rings is 2. The van der Waals surface area contributed by atoms with Gasteiger partial charge in [0.2, 0.25) is 0 Å². The molecule has 0 radical (unpaired) electrons. The van der Waals surface area contributed by atoms with Crippen LogP contribution in [0.1, 0.15) is 47.2 Å². The second-order valence-corrected chi connectivity index (χ2v) is 8.44. The van der Waals surface area contributed by atoms with Crippen LogP contribution < -0.4 is 4.74 Å². The minimum Gasteiger partial charge on any atom is -0.495 e.